The fraction of sp³-hybridized carbons (Fsp3) is 0.294. The lowest BCUT2D eigenvalue weighted by atomic mass is 10.1. The van der Waals surface area contributed by atoms with Gasteiger partial charge in [-0.1, -0.05) is 23.7 Å². The van der Waals surface area contributed by atoms with E-state index in [1.165, 1.54) is 15.9 Å². The molecule has 0 unspecified atom stereocenters. The van der Waals surface area contributed by atoms with Crippen LogP contribution >= 0.6 is 22.9 Å². The Morgan fingerprint density at radius 3 is 2.83 bits per heavy atom. The smallest absolute Gasteiger partial charge is 0.262 e. The van der Waals surface area contributed by atoms with Crippen LogP contribution in [-0.2, 0) is 13.0 Å². The van der Waals surface area contributed by atoms with Crippen LogP contribution in [0.3, 0.4) is 0 Å². The van der Waals surface area contributed by atoms with Crippen LogP contribution in [0.5, 0.6) is 0 Å². The molecule has 0 aliphatic heterocycles. The zero-order valence-electron chi connectivity index (χ0n) is 12.9. The second-order valence-corrected chi connectivity index (χ2v) is 7.08. The summed E-state index contributed by atoms with van der Waals surface area (Å²) in [5.74, 6) is 0.573. The van der Waals surface area contributed by atoms with Crippen molar-refractivity contribution in [3.8, 4) is 0 Å². The maximum Gasteiger partial charge on any atom is 0.262 e. The van der Waals surface area contributed by atoms with E-state index in [0.717, 1.165) is 20.8 Å². The minimum absolute atomic E-state index is 0.0198. The van der Waals surface area contributed by atoms with Gasteiger partial charge >= 0.3 is 0 Å². The molecule has 0 spiro atoms. The maximum absolute atomic E-state index is 12.9. The molecule has 0 aliphatic carbocycles. The number of alkyl halides is 1. The summed E-state index contributed by atoms with van der Waals surface area (Å²) in [4.78, 5) is 19.2. The van der Waals surface area contributed by atoms with E-state index in [9.17, 15) is 9.18 Å². The summed E-state index contributed by atoms with van der Waals surface area (Å²) >= 11 is 7.52. The first kappa shape index (κ1) is 16.1. The molecule has 0 N–H and O–H groups in total. The van der Waals surface area contributed by atoms with Gasteiger partial charge in [0.2, 0.25) is 0 Å². The summed E-state index contributed by atoms with van der Waals surface area (Å²) in [5.41, 5.74) is 1.72. The van der Waals surface area contributed by atoms with Gasteiger partial charge in [0, 0.05) is 16.3 Å². The third-order valence-corrected chi connectivity index (χ3v) is 5.26. The summed E-state index contributed by atoms with van der Waals surface area (Å²) in [6.45, 7) is 3.30. The second-order valence-electron chi connectivity index (χ2n) is 5.44. The Morgan fingerprint density at radius 2 is 2.13 bits per heavy atom. The largest absolute Gasteiger partial charge is 0.293 e. The first-order valence-corrected chi connectivity index (χ1v) is 8.50. The number of halogens is 2. The van der Waals surface area contributed by atoms with Crippen LogP contribution in [0, 0.1) is 13.8 Å². The van der Waals surface area contributed by atoms with Crippen LogP contribution in [0.15, 0.2) is 29.1 Å². The fourth-order valence-electron chi connectivity index (χ4n) is 2.65. The lowest BCUT2D eigenvalue weighted by Crippen LogP contribution is -2.26. The predicted molar refractivity (Wildman–Crippen MR) is 93.6 cm³/mol. The highest BCUT2D eigenvalue weighted by Crippen LogP contribution is 2.26. The molecular weight excluding hydrogens is 335 g/mol. The molecule has 2 heterocycles. The van der Waals surface area contributed by atoms with E-state index >= 15 is 0 Å². The average Bonchev–Trinajstić information content (AvgIpc) is 2.78. The van der Waals surface area contributed by atoms with Gasteiger partial charge in [-0.2, -0.15) is 0 Å². The van der Waals surface area contributed by atoms with Gasteiger partial charge in [-0.15, -0.1) is 11.3 Å². The predicted octanol–water partition coefficient (Wildman–Crippen LogP) is 4.29. The lowest BCUT2D eigenvalue weighted by molar-refractivity contribution is 0.433. The van der Waals surface area contributed by atoms with Crippen molar-refractivity contribution >= 4 is 33.2 Å². The SMILES string of the molecule is Cc1sc2nc(Cc3cccc(Cl)c3)n(CCF)c(=O)c2c1C. The number of hydrogen-bond acceptors (Lipinski definition) is 3. The number of hydrogen-bond donors (Lipinski definition) is 0. The molecule has 23 heavy (non-hydrogen) atoms. The number of nitrogens with zero attached hydrogens (tertiary/aromatic N) is 2. The van der Waals surface area contributed by atoms with E-state index in [0.29, 0.717) is 22.7 Å². The molecular formula is C17H16ClFN2OS. The van der Waals surface area contributed by atoms with Crippen molar-refractivity contribution in [2.45, 2.75) is 26.8 Å². The Hall–Kier alpha value is -1.72. The number of aromatic nitrogens is 2. The summed E-state index contributed by atoms with van der Waals surface area (Å²) in [6.07, 6.45) is 0.446. The molecule has 2 aromatic heterocycles. The normalized spacial score (nSPS) is 11.3. The summed E-state index contributed by atoms with van der Waals surface area (Å²) < 4.78 is 14.4. The van der Waals surface area contributed by atoms with Gasteiger partial charge in [0.05, 0.1) is 11.9 Å². The monoisotopic (exact) mass is 350 g/mol. The molecule has 0 radical (unpaired) electrons. The molecule has 0 fully saturated rings. The Kier molecular flexibility index (Phi) is 4.50. The van der Waals surface area contributed by atoms with Crippen molar-refractivity contribution in [3.05, 3.63) is 61.5 Å². The van der Waals surface area contributed by atoms with Gasteiger partial charge in [0.1, 0.15) is 17.3 Å². The van der Waals surface area contributed by atoms with Crippen molar-refractivity contribution < 1.29 is 4.39 Å². The van der Waals surface area contributed by atoms with Crippen molar-refractivity contribution in [3.63, 3.8) is 0 Å². The molecule has 0 atom stereocenters. The number of benzene rings is 1. The Bertz CT molecular complexity index is 932. The fourth-order valence-corrected chi connectivity index (χ4v) is 3.90. The van der Waals surface area contributed by atoms with Crippen LogP contribution < -0.4 is 5.56 Å². The second kappa shape index (κ2) is 6.42. The number of rotatable bonds is 4. The topological polar surface area (TPSA) is 34.9 Å². The van der Waals surface area contributed by atoms with Gasteiger partial charge < -0.3 is 0 Å². The van der Waals surface area contributed by atoms with Gasteiger partial charge in [0.15, 0.2) is 0 Å². The van der Waals surface area contributed by atoms with Crippen molar-refractivity contribution in [1.82, 2.24) is 9.55 Å². The Morgan fingerprint density at radius 1 is 1.35 bits per heavy atom. The number of fused-ring (bicyclic) bond motifs is 1. The van der Waals surface area contributed by atoms with Crippen molar-refractivity contribution in [2.24, 2.45) is 0 Å². The van der Waals surface area contributed by atoms with E-state index in [2.05, 4.69) is 4.98 Å². The molecule has 0 aliphatic rings. The molecule has 1 aromatic carbocycles. The molecule has 6 heteroatoms. The standard InChI is InChI=1S/C17H16ClFN2OS/c1-10-11(2)23-16-15(10)17(22)21(7-6-19)14(20-16)9-12-4-3-5-13(18)8-12/h3-5,8H,6-7,9H2,1-2H3. The first-order valence-electron chi connectivity index (χ1n) is 7.31. The van der Waals surface area contributed by atoms with E-state index in [1.807, 2.05) is 32.0 Å². The quantitative estimate of drug-likeness (QED) is 0.703. The van der Waals surface area contributed by atoms with Crippen molar-refractivity contribution in [2.75, 3.05) is 6.67 Å². The molecule has 0 saturated heterocycles. The summed E-state index contributed by atoms with van der Waals surface area (Å²) in [5, 5.41) is 1.24. The van der Waals surface area contributed by atoms with Gasteiger partial charge in [-0.25, -0.2) is 9.37 Å². The third kappa shape index (κ3) is 3.03. The highest BCUT2D eigenvalue weighted by molar-refractivity contribution is 7.18. The average molecular weight is 351 g/mol. The first-order chi connectivity index (χ1) is 11.0. The lowest BCUT2D eigenvalue weighted by Gasteiger charge is -2.11. The highest BCUT2D eigenvalue weighted by Gasteiger charge is 2.16. The summed E-state index contributed by atoms with van der Waals surface area (Å²) in [7, 11) is 0. The van der Waals surface area contributed by atoms with Crippen LogP contribution in [0.25, 0.3) is 10.2 Å². The van der Waals surface area contributed by atoms with Crippen LogP contribution in [0.1, 0.15) is 21.8 Å². The van der Waals surface area contributed by atoms with E-state index in [-0.39, 0.29) is 12.1 Å². The van der Waals surface area contributed by atoms with Crippen LogP contribution in [0.4, 0.5) is 4.39 Å². The number of aryl methyl sites for hydroxylation is 2. The molecule has 120 valence electrons. The zero-order valence-corrected chi connectivity index (χ0v) is 14.5. The zero-order chi connectivity index (χ0) is 16.6. The highest BCUT2D eigenvalue weighted by atomic mass is 35.5. The van der Waals surface area contributed by atoms with E-state index in [1.54, 1.807) is 6.07 Å². The number of thiophene rings is 1. The van der Waals surface area contributed by atoms with Gasteiger partial charge in [0.25, 0.3) is 5.56 Å². The van der Waals surface area contributed by atoms with Gasteiger partial charge in [-0.05, 0) is 37.1 Å². The maximum atomic E-state index is 12.9. The Balaban J connectivity index is 2.18. The van der Waals surface area contributed by atoms with Gasteiger partial charge in [-0.3, -0.25) is 9.36 Å². The van der Waals surface area contributed by atoms with E-state index < -0.39 is 6.67 Å². The molecule has 3 nitrogen and oxygen atoms in total. The molecule has 0 bridgehead atoms. The molecule has 3 aromatic rings. The third-order valence-electron chi connectivity index (χ3n) is 3.93. The van der Waals surface area contributed by atoms with Crippen molar-refractivity contribution in [1.29, 1.82) is 0 Å². The Labute approximate surface area is 142 Å². The van der Waals surface area contributed by atoms with E-state index in [4.69, 9.17) is 11.6 Å². The minimum atomic E-state index is -0.599. The van der Waals surface area contributed by atoms with Crippen LogP contribution in [0.2, 0.25) is 5.02 Å². The van der Waals surface area contributed by atoms with Crippen LogP contribution in [-0.4, -0.2) is 16.2 Å². The molecule has 0 saturated carbocycles. The summed E-state index contributed by atoms with van der Waals surface area (Å²) in [6, 6.07) is 7.41. The molecule has 0 amide bonds. The molecule has 3 rings (SSSR count). The minimum Gasteiger partial charge on any atom is -0.293 e.